The van der Waals surface area contributed by atoms with Crippen LogP contribution in [-0.2, 0) is 16.1 Å². The van der Waals surface area contributed by atoms with Gasteiger partial charge in [-0.2, -0.15) is 0 Å². The monoisotopic (exact) mass is 359 g/mol. The van der Waals surface area contributed by atoms with Crippen LogP contribution in [0.4, 0.5) is 5.69 Å². The lowest BCUT2D eigenvalue weighted by atomic mass is 10.1. The third kappa shape index (κ3) is 4.09. The summed E-state index contributed by atoms with van der Waals surface area (Å²) in [5.74, 6) is 0.161. The van der Waals surface area contributed by atoms with E-state index in [0.29, 0.717) is 18.2 Å². The Hall–Kier alpha value is -2.60. The van der Waals surface area contributed by atoms with Crippen molar-refractivity contribution in [2.24, 2.45) is 5.92 Å². The lowest BCUT2D eigenvalue weighted by molar-refractivity contribution is -0.126. The molecular weight excluding hydrogens is 342 g/mol. The van der Waals surface area contributed by atoms with Gasteiger partial charge in [-0.15, -0.1) is 0 Å². The molecule has 2 aromatic rings. The van der Waals surface area contributed by atoms with Crippen LogP contribution in [0.1, 0.15) is 12.0 Å². The first-order valence-electron chi connectivity index (χ1n) is 7.89. The molecule has 0 spiro atoms. The number of pyridine rings is 1. The molecule has 1 aromatic carbocycles. The lowest BCUT2D eigenvalue weighted by Gasteiger charge is -2.17. The fourth-order valence-corrected chi connectivity index (χ4v) is 2.85. The molecule has 1 aromatic heterocycles. The van der Waals surface area contributed by atoms with Crippen molar-refractivity contribution < 1.29 is 14.3 Å². The number of hydrogen-bond donors (Lipinski definition) is 1. The molecule has 0 radical (unpaired) electrons. The van der Waals surface area contributed by atoms with Crippen LogP contribution in [0.3, 0.4) is 0 Å². The van der Waals surface area contributed by atoms with Crippen molar-refractivity contribution in [3.05, 3.63) is 53.3 Å². The number of benzene rings is 1. The summed E-state index contributed by atoms with van der Waals surface area (Å²) in [4.78, 5) is 30.2. The number of nitrogens with zero attached hydrogens (tertiary/aromatic N) is 2. The highest BCUT2D eigenvalue weighted by atomic mass is 35.5. The molecule has 0 bridgehead atoms. The predicted molar refractivity (Wildman–Crippen MR) is 94.5 cm³/mol. The molecule has 25 heavy (non-hydrogen) atoms. The molecule has 1 unspecified atom stereocenters. The molecule has 130 valence electrons. The molecule has 1 aliphatic heterocycles. The number of ether oxygens (including phenoxy) is 1. The number of halogens is 1. The van der Waals surface area contributed by atoms with Crippen molar-refractivity contribution in [3.63, 3.8) is 0 Å². The van der Waals surface area contributed by atoms with Crippen molar-refractivity contribution in [1.29, 1.82) is 0 Å². The maximum absolute atomic E-state index is 12.4. The molecule has 1 N–H and O–H groups in total. The SMILES string of the molecule is COc1ccc(N2CC(C(=O)NCc3ccc(Cl)nc3)CC2=O)cc1. The number of nitrogens with one attached hydrogen (secondary N) is 1. The second kappa shape index (κ2) is 7.53. The second-order valence-corrected chi connectivity index (χ2v) is 6.20. The number of carbonyl (C=O) groups is 2. The molecule has 1 aliphatic rings. The first kappa shape index (κ1) is 17.2. The smallest absolute Gasteiger partial charge is 0.227 e. The van der Waals surface area contributed by atoms with Crippen molar-refractivity contribution in [3.8, 4) is 5.75 Å². The number of carbonyl (C=O) groups excluding carboxylic acids is 2. The van der Waals surface area contributed by atoms with Gasteiger partial charge in [0.1, 0.15) is 10.9 Å². The minimum atomic E-state index is -0.366. The number of aromatic nitrogens is 1. The van der Waals surface area contributed by atoms with Crippen LogP contribution in [0, 0.1) is 5.92 Å². The maximum atomic E-state index is 12.4. The summed E-state index contributed by atoms with van der Waals surface area (Å²) in [6, 6.07) is 10.7. The van der Waals surface area contributed by atoms with Crippen LogP contribution < -0.4 is 15.0 Å². The molecule has 1 fully saturated rings. The molecule has 2 amide bonds. The number of hydrogen-bond acceptors (Lipinski definition) is 4. The van der Waals surface area contributed by atoms with E-state index in [1.165, 1.54) is 0 Å². The number of anilines is 1. The van der Waals surface area contributed by atoms with E-state index >= 15 is 0 Å². The third-order valence-electron chi connectivity index (χ3n) is 4.14. The summed E-state index contributed by atoms with van der Waals surface area (Å²) in [5.41, 5.74) is 1.62. The van der Waals surface area contributed by atoms with E-state index in [9.17, 15) is 9.59 Å². The van der Waals surface area contributed by atoms with Gasteiger partial charge in [-0.3, -0.25) is 9.59 Å². The number of amides is 2. The second-order valence-electron chi connectivity index (χ2n) is 5.81. The number of methoxy groups -OCH3 is 1. The maximum Gasteiger partial charge on any atom is 0.227 e. The van der Waals surface area contributed by atoms with Crippen LogP contribution in [0.15, 0.2) is 42.6 Å². The van der Waals surface area contributed by atoms with Crippen LogP contribution in [0.5, 0.6) is 5.75 Å². The molecule has 1 saturated heterocycles. The average Bonchev–Trinajstić information content (AvgIpc) is 3.03. The van der Waals surface area contributed by atoms with Crippen LogP contribution in [0.2, 0.25) is 5.15 Å². The Kier molecular flexibility index (Phi) is 5.19. The Bertz CT molecular complexity index is 762. The first-order valence-corrected chi connectivity index (χ1v) is 8.27. The van der Waals surface area contributed by atoms with Gasteiger partial charge in [0.05, 0.1) is 13.0 Å². The highest BCUT2D eigenvalue weighted by Gasteiger charge is 2.34. The Morgan fingerprint density at radius 3 is 2.72 bits per heavy atom. The topological polar surface area (TPSA) is 71.5 Å². The average molecular weight is 360 g/mol. The predicted octanol–water partition coefficient (Wildman–Crippen LogP) is 2.41. The molecule has 2 heterocycles. The molecule has 0 saturated carbocycles. The highest BCUT2D eigenvalue weighted by molar-refractivity contribution is 6.29. The van der Waals surface area contributed by atoms with E-state index in [2.05, 4.69) is 10.3 Å². The summed E-state index contributed by atoms with van der Waals surface area (Å²) in [5, 5.41) is 3.26. The molecule has 1 atom stereocenters. The summed E-state index contributed by atoms with van der Waals surface area (Å²) in [6.45, 7) is 0.728. The number of rotatable bonds is 5. The molecule has 6 nitrogen and oxygen atoms in total. The minimum absolute atomic E-state index is 0.0570. The van der Waals surface area contributed by atoms with Gasteiger partial charge in [-0.25, -0.2) is 4.98 Å². The van der Waals surface area contributed by atoms with E-state index in [0.717, 1.165) is 17.0 Å². The van der Waals surface area contributed by atoms with Gasteiger partial charge >= 0.3 is 0 Å². The molecule has 0 aliphatic carbocycles. The Balaban J connectivity index is 1.59. The third-order valence-corrected chi connectivity index (χ3v) is 4.36. The minimum Gasteiger partial charge on any atom is -0.497 e. The van der Waals surface area contributed by atoms with Gasteiger partial charge in [-0.05, 0) is 35.9 Å². The largest absolute Gasteiger partial charge is 0.497 e. The standard InChI is InChI=1S/C18H18ClN3O3/c1-25-15-5-3-14(4-6-15)22-11-13(8-17(22)23)18(24)21-10-12-2-7-16(19)20-9-12/h2-7,9,13H,8,10-11H2,1H3,(H,21,24). The van der Waals surface area contributed by atoms with Gasteiger partial charge < -0.3 is 15.0 Å². The quantitative estimate of drug-likeness (QED) is 0.832. The molecule has 7 heteroatoms. The van der Waals surface area contributed by atoms with E-state index < -0.39 is 0 Å². The lowest BCUT2D eigenvalue weighted by Crippen LogP contribution is -2.32. The van der Waals surface area contributed by atoms with Crippen LogP contribution in [-0.4, -0.2) is 30.5 Å². The summed E-state index contributed by atoms with van der Waals surface area (Å²) >= 11 is 5.74. The highest BCUT2D eigenvalue weighted by Crippen LogP contribution is 2.27. The van der Waals surface area contributed by atoms with Crippen molar-refractivity contribution in [2.45, 2.75) is 13.0 Å². The summed E-state index contributed by atoms with van der Waals surface area (Å²) in [6.07, 6.45) is 1.82. The fourth-order valence-electron chi connectivity index (χ4n) is 2.74. The van der Waals surface area contributed by atoms with Crippen molar-refractivity contribution in [2.75, 3.05) is 18.6 Å². The van der Waals surface area contributed by atoms with Crippen LogP contribution in [0.25, 0.3) is 0 Å². The molecule has 3 rings (SSSR count). The Morgan fingerprint density at radius 2 is 2.08 bits per heavy atom. The van der Waals surface area contributed by atoms with Gasteiger partial charge in [0.2, 0.25) is 11.8 Å². The first-order chi connectivity index (χ1) is 12.1. The van der Waals surface area contributed by atoms with Crippen molar-refractivity contribution in [1.82, 2.24) is 10.3 Å². The molecular formula is C18H18ClN3O3. The Labute approximate surface area is 150 Å². The van der Waals surface area contributed by atoms with Gasteiger partial charge in [0.15, 0.2) is 0 Å². The van der Waals surface area contributed by atoms with Crippen LogP contribution >= 0.6 is 11.6 Å². The normalized spacial score (nSPS) is 16.8. The van der Waals surface area contributed by atoms with Gasteiger partial charge in [0.25, 0.3) is 0 Å². The zero-order valence-corrected chi connectivity index (χ0v) is 14.5. The fraction of sp³-hybridized carbons (Fsp3) is 0.278. The summed E-state index contributed by atoms with van der Waals surface area (Å²) in [7, 11) is 1.59. The van der Waals surface area contributed by atoms with E-state index in [1.54, 1.807) is 42.5 Å². The van der Waals surface area contributed by atoms with E-state index in [4.69, 9.17) is 16.3 Å². The van der Waals surface area contributed by atoms with E-state index in [1.807, 2.05) is 12.1 Å². The zero-order valence-electron chi connectivity index (χ0n) is 13.7. The summed E-state index contributed by atoms with van der Waals surface area (Å²) < 4.78 is 5.12. The van der Waals surface area contributed by atoms with Gasteiger partial charge in [-0.1, -0.05) is 17.7 Å². The van der Waals surface area contributed by atoms with Crippen molar-refractivity contribution >= 4 is 29.1 Å². The Morgan fingerprint density at radius 1 is 1.32 bits per heavy atom. The van der Waals surface area contributed by atoms with E-state index in [-0.39, 0.29) is 24.2 Å². The van der Waals surface area contributed by atoms with Gasteiger partial charge in [0, 0.05) is 31.4 Å². The zero-order chi connectivity index (χ0) is 17.8.